The minimum Gasteiger partial charge on any atom is -0.463 e. The molecule has 0 spiro atoms. The number of fused-ring (bicyclic) bond motifs is 3. The zero-order valence-corrected chi connectivity index (χ0v) is 18.1. The van der Waals surface area contributed by atoms with Gasteiger partial charge in [0.15, 0.2) is 5.76 Å². The van der Waals surface area contributed by atoms with Crippen molar-refractivity contribution >= 4 is 11.8 Å². The van der Waals surface area contributed by atoms with Crippen LogP contribution >= 0.6 is 0 Å². The molecule has 2 bridgehead atoms. The summed E-state index contributed by atoms with van der Waals surface area (Å²) in [6, 6.07) is 8.79. The molecule has 33 heavy (non-hydrogen) atoms. The lowest BCUT2D eigenvalue weighted by Gasteiger charge is -2.49. The Morgan fingerprint density at radius 1 is 1.27 bits per heavy atom. The Hall–Kier alpha value is -3.33. The Labute approximate surface area is 189 Å². The number of aryl methyl sites for hydroxylation is 1. The van der Waals surface area contributed by atoms with Crippen LogP contribution in [0.15, 0.2) is 47.1 Å². The molecule has 1 N–H and O–H groups in total. The number of nitrogens with zero attached hydrogens (tertiary/aromatic N) is 3. The fraction of sp³-hybridized carbons (Fsp3) is 0.375. The molecule has 3 aliphatic rings. The number of hydrogen-bond acceptors (Lipinski definition) is 6. The number of ether oxygens (including phenoxy) is 1. The molecule has 4 unspecified atom stereocenters. The monoisotopic (exact) mass is 454 g/mol. The predicted molar refractivity (Wildman–Crippen MR) is 117 cm³/mol. The van der Waals surface area contributed by atoms with Crippen LogP contribution in [0.5, 0.6) is 0 Å². The number of carbonyl (C=O) groups excluding carboxylic acids is 1. The van der Waals surface area contributed by atoms with Crippen LogP contribution in [0.25, 0.3) is 11.5 Å². The van der Waals surface area contributed by atoms with Gasteiger partial charge in [-0.15, -0.1) is 0 Å². The van der Waals surface area contributed by atoms with E-state index < -0.39 is 17.7 Å². The smallest absolute Gasteiger partial charge is 0.411 e. The molecule has 4 atom stereocenters. The fourth-order valence-corrected chi connectivity index (χ4v) is 4.89. The summed E-state index contributed by atoms with van der Waals surface area (Å²) in [5, 5.41) is 2.33. The summed E-state index contributed by atoms with van der Waals surface area (Å²) in [6.45, 7) is 3.84. The van der Waals surface area contributed by atoms with E-state index in [1.165, 1.54) is 6.07 Å². The van der Waals surface area contributed by atoms with Crippen molar-refractivity contribution < 1.29 is 22.7 Å². The van der Waals surface area contributed by atoms with Crippen molar-refractivity contribution in [3.05, 3.63) is 65.8 Å². The Balaban J connectivity index is 1.22. The van der Waals surface area contributed by atoms with Crippen LogP contribution in [0.3, 0.4) is 0 Å². The maximum atomic E-state index is 13.7. The van der Waals surface area contributed by atoms with Crippen molar-refractivity contribution in [2.75, 3.05) is 25.0 Å². The van der Waals surface area contributed by atoms with Crippen molar-refractivity contribution in [3.8, 4) is 11.5 Å². The summed E-state index contributed by atoms with van der Waals surface area (Å²) in [5.41, 5.74) is 1.68. The topological polar surface area (TPSA) is 80.5 Å². The Morgan fingerprint density at radius 3 is 2.88 bits per heavy atom. The van der Waals surface area contributed by atoms with Gasteiger partial charge in [-0.2, -0.15) is 0 Å². The molecular weight excluding hydrogens is 430 g/mol. The highest BCUT2D eigenvalue weighted by Gasteiger charge is 2.42. The minimum atomic E-state index is -0.843. The molecule has 2 aromatic heterocycles. The average Bonchev–Trinajstić information content (AvgIpc) is 3.35. The SMILES string of the molecule is Cc1nc(-c2ccco2)cc(C2CN3CCC2CC3COC(=O)Nc2ccc(F)cc2F)n1. The lowest BCUT2D eigenvalue weighted by molar-refractivity contribution is -0.00152. The Morgan fingerprint density at radius 2 is 2.15 bits per heavy atom. The van der Waals surface area contributed by atoms with Crippen molar-refractivity contribution in [1.82, 2.24) is 14.9 Å². The van der Waals surface area contributed by atoms with Gasteiger partial charge in [-0.25, -0.2) is 23.5 Å². The third kappa shape index (κ3) is 4.59. The first-order chi connectivity index (χ1) is 16.0. The van der Waals surface area contributed by atoms with E-state index in [1.54, 1.807) is 6.26 Å². The fourth-order valence-electron chi connectivity index (χ4n) is 4.89. The molecule has 0 radical (unpaired) electrons. The van der Waals surface area contributed by atoms with Crippen LogP contribution in [0.2, 0.25) is 0 Å². The van der Waals surface area contributed by atoms with Gasteiger partial charge < -0.3 is 9.15 Å². The van der Waals surface area contributed by atoms with E-state index in [2.05, 4.69) is 15.2 Å². The number of rotatable bonds is 5. The molecule has 172 valence electrons. The number of benzene rings is 1. The van der Waals surface area contributed by atoms with Crippen LogP contribution in [0.1, 0.15) is 30.3 Å². The molecule has 3 saturated heterocycles. The quantitative estimate of drug-likeness (QED) is 0.599. The summed E-state index contributed by atoms with van der Waals surface area (Å²) in [5.74, 6) is 0.567. The van der Waals surface area contributed by atoms with Crippen molar-refractivity contribution in [1.29, 1.82) is 0 Å². The van der Waals surface area contributed by atoms with Gasteiger partial charge in [-0.3, -0.25) is 10.2 Å². The Kier molecular flexibility index (Phi) is 5.80. The normalized spacial score (nSPS) is 24.0. The first kappa shape index (κ1) is 21.5. The second-order valence-corrected chi connectivity index (χ2v) is 8.59. The van der Waals surface area contributed by atoms with E-state index in [1.807, 2.05) is 25.1 Å². The van der Waals surface area contributed by atoms with E-state index >= 15 is 0 Å². The molecule has 5 heterocycles. The van der Waals surface area contributed by atoms with Crippen molar-refractivity contribution in [2.45, 2.75) is 31.7 Å². The van der Waals surface area contributed by atoms with Crippen LogP contribution in [0.4, 0.5) is 19.3 Å². The van der Waals surface area contributed by atoms with Crippen LogP contribution < -0.4 is 5.32 Å². The summed E-state index contributed by atoms with van der Waals surface area (Å²) < 4.78 is 37.6. The van der Waals surface area contributed by atoms with Crippen LogP contribution in [-0.4, -0.2) is 46.7 Å². The van der Waals surface area contributed by atoms with Crippen LogP contribution in [-0.2, 0) is 4.74 Å². The summed E-state index contributed by atoms with van der Waals surface area (Å²) in [4.78, 5) is 23.7. The first-order valence-electron chi connectivity index (χ1n) is 11.0. The molecule has 1 amide bonds. The second kappa shape index (κ2) is 8.90. The zero-order valence-electron chi connectivity index (χ0n) is 18.1. The molecule has 3 fully saturated rings. The molecular formula is C24H24F2N4O3. The largest absolute Gasteiger partial charge is 0.463 e. The standard InChI is InChI=1S/C24H24F2N4O3/c1-14-27-21(11-22(28-14)23-3-2-8-32-23)18-12-30-7-6-15(18)9-17(30)13-33-24(31)29-20-5-4-16(25)10-19(20)26/h2-5,8,10-11,15,17-18H,6-7,9,12-13H2,1H3,(H,29,31). The molecule has 9 heteroatoms. The van der Waals surface area contributed by atoms with E-state index in [9.17, 15) is 13.6 Å². The van der Waals surface area contributed by atoms with E-state index in [0.717, 1.165) is 49.1 Å². The summed E-state index contributed by atoms with van der Waals surface area (Å²) in [7, 11) is 0. The summed E-state index contributed by atoms with van der Waals surface area (Å²) in [6.07, 6.45) is 2.80. The number of carbonyl (C=O) groups is 1. The molecule has 6 rings (SSSR count). The molecule has 7 nitrogen and oxygen atoms in total. The maximum Gasteiger partial charge on any atom is 0.411 e. The molecule has 1 aromatic carbocycles. The van der Waals surface area contributed by atoms with Gasteiger partial charge in [0.1, 0.15) is 29.8 Å². The minimum absolute atomic E-state index is 0.0938. The predicted octanol–water partition coefficient (Wildman–Crippen LogP) is 4.75. The highest BCUT2D eigenvalue weighted by molar-refractivity contribution is 5.84. The number of furan rings is 1. The highest BCUT2D eigenvalue weighted by atomic mass is 19.1. The Bertz CT molecular complexity index is 1150. The third-order valence-corrected chi connectivity index (χ3v) is 6.46. The second-order valence-electron chi connectivity index (χ2n) is 8.59. The van der Waals surface area contributed by atoms with E-state index in [-0.39, 0.29) is 24.3 Å². The number of piperidine rings is 3. The number of anilines is 1. The lowest BCUT2D eigenvalue weighted by atomic mass is 9.74. The third-order valence-electron chi connectivity index (χ3n) is 6.46. The van der Waals surface area contributed by atoms with Gasteiger partial charge in [-0.05, 0) is 62.6 Å². The number of halogens is 2. The number of amides is 1. The van der Waals surface area contributed by atoms with Gasteiger partial charge in [0.2, 0.25) is 0 Å². The highest BCUT2D eigenvalue weighted by Crippen LogP contribution is 2.42. The number of hydrogen-bond donors (Lipinski definition) is 1. The zero-order chi connectivity index (χ0) is 22.9. The first-order valence-corrected chi connectivity index (χ1v) is 11.0. The molecule has 3 aromatic rings. The van der Waals surface area contributed by atoms with Gasteiger partial charge in [0.05, 0.1) is 12.0 Å². The van der Waals surface area contributed by atoms with Crippen LogP contribution in [0, 0.1) is 24.5 Å². The molecule has 0 aliphatic carbocycles. The summed E-state index contributed by atoms with van der Waals surface area (Å²) >= 11 is 0. The number of aromatic nitrogens is 2. The van der Waals surface area contributed by atoms with Gasteiger partial charge >= 0.3 is 6.09 Å². The van der Waals surface area contributed by atoms with E-state index in [4.69, 9.17) is 14.1 Å². The van der Waals surface area contributed by atoms with Gasteiger partial charge in [0.25, 0.3) is 0 Å². The number of nitrogens with one attached hydrogen (secondary N) is 1. The van der Waals surface area contributed by atoms with E-state index in [0.29, 0.717) is 17.8 Å². The molecule has 3 aliphatic heterocycles. The molecule has 0 saturated carbocycles. The lowest BCUT2D eigenvalue weighted by Crippen LogP contribution is -2.54. The maximum absolute atomic E-state index is 13.7. The van der Waals surface area contributed by atoms with Gasteiger partial charge in [0, 0.05) is 30.3 Å². The average molecular weight is 454 g/mol. The van der Waals surface area contributed by atoms with Gasteiger partial charge in [-0.1, -0.05) is 0 Å². The van der Waals surface area contributed by atoms with Crippen molar-refractivity contribution in [3.63, 3.8) is 0 Å². The van der Waals surface area contributed by atoms with Crippen molar-refractivity contribution in [2.24, 2.45) is 5.92 Å².